The molecule has 1 heterocycles. The molecule has 0 N–H and O–H groups in total. The van der Waals surface area contributed by atoms with E-state index in [1.54, 1.807) is 0 Å². The van der Waals surface area contributed by atoms with E-state index in [-0.39, 0.29) is 6.04 Å². The Morgan fingerprint density at radius 1 is 1.24 bits per heavy atom. The summed E-state index contributed by atoms with van der Waals surface area (Å²) >= 11 is 0. The molecule has 1 fully saturated rings. The Morgan fingerprint density at radius 2 is 2.00 bits per heavy atom. The van der Waals surface area contributed by atoms with E-state index >= 15 is 0 Å². The van der Waals surface area contributed by atoms with Crippen molar-refractivity contribution in [1.82, 2.24) is 4.90 Å². The minimum atomic E-state index is -0.840. The lowest BCUT2D eigenvalue weighted by Crippen LogP contribution is -2.32. The van der Waals surface area contributed by atoms with Crippen molar-refractivity contribution in [2.45, 2.75) is 31.5 Å². The van der Waals surface area contributed by atoms with Crippen LogP contribution in [0.25, 0.3) is 0 Å². The lowest BCUT2D eigenvalue weighted by molar-refractivity contribution is 0.209. The van der Waals surface area contributed by atoms with Crippen molar-refractivity contribution in [1.29, 1.82) is 0 Å². The van der Waals surface area contributed by atoms with E-state index in [1.807, 2.05) is 23.1 Å². The third-order valence-corrected chi connectivity index (χ3v) is 3.41. The highest BCUT2D eigenvalue weighted by Gasteiger charge is 2.31. The smallest absolute Gasteiger partial charge is 0.114 e. The normalized spacial score (nSPS) is 25.3. The van der Waals surface area contributed by atoms with Crippen LogP contribution < -0.4 is 0 Å². The van der Waals surface area contributed by atoms with Crippen LogP contribution in [-0.2, 0) is 6.42 Å². The molecule has 1 saturated heterocycles. The summed E-state index contributed by atoms with van der Waals surface area (Å²) in [6.45, 7) is 0.777. The maximum Gasteiger partial charge on any atom is 0.114 e. The predicted octanol–water partition coefficient (Wildman–Crippen LogP) is 3.00. The van der Waals surface area contributed by atoms with E-state index in [0.29, 0.717) is 13.0 Å². The molecule has 3 heteroatoms. The van der Waals surface area contributed by atoms with Crippen molar-refractivity contribution in [3.05, 3.63) is 35.9 Å². The SMILES string of the molecule is FCC1CC(F)CN1CCCc1ccccc1. The Hall–Kier alpha value is -0.960. The topological polar surface area (TPSA) is 3.24 Å². The zero-order valence-electron chi connectivity index (χ0n) is 9.99. The molecule has 0 spiro atoms. The number of benzene rings is 1. The molecule has 0 amide bonds. The standard InChI is InChI=1S/C14H19F2N/c15-10-14-9-13(16)11-17(14)8-4-7-12-5-2-1-3-6-12/h1-3,5-6,13-14H,4,7-11H2. The van der Waals surface area contributed by atoms with E-state index in [0.717, 1.165) is 19.4 Å². The number of halogens is 2. The first kappa shape index (κ1) is 12.5. The maximum absolute atomic E-state index is 13.2. The summed E-state index contributed by atoms with van der Waals surface area (Å²) in [6, 6.07) is 10.0. The highest BCUT2D eigenvalue weighted by molar-refractivity contribution is 5.14. The van der Waals surface area contributed by atoms with Crippen LogP contribution in [0.1, 0.15) is 18.4 Å². The van der Waals surface area contributed by atoms with E-state index < -0.39 is 12.8 Å². The molecule has 1 aromatic carbocycles. The fourth-order valence-electron chi connectivity index (χ4n) is 2.49. The van der Waals surface area contributed by atoms with Gasteiger partial charge in [-0.15, -0.1) is 0 Å². The maximum atomic E-state index is 13.2. The van der Waals surface area contributed by atoms with Gasteiger partial charge < -0.3 is 0 Å². The molecule has 1 aromatic rings. The molecule has 0 saturated carbocycles. The number of likely N-dealkylation sites (tertiary alicyclic amines) is 1. The fraction of sp³-hybridized carbons (Fsp3) is 0.571. The second-order valence-corrected chi connectivity index (χ2v) is 4.73. The van der Waals surface area contributed by atoms with Gasteiger partial charge in [0.05, 0.1) is 0 Å². The van der Waals surface area contributed by atoms with Crippen LogP contribution in [0.15, 0.2) is 30.3 Å². The van der Waals surface area contributed by atoms with Gasteiger partial charge in [0.15, 0.2) is 0 Å². The molecule has 1 aliphatic heterocycles. The molecule has 2 rings (SSSR count). The van der Waals surface area contributed by atoms with Gasteiger partial charge in [-0.25, -0.2) is 8.78 Å². The molecule has 2 unspecified atom stereocenters. The second-order valence-electron chi connectivity index (χ2n) is 4.73. The molecule has 94 valence electrons. The molecule has 2 atom stereocenters. The lowest BCUT2D eigenvalue weighted by atomic mass is 10.1. The van der Waals surface area contributed by atoms with Gasteiger partial charge in [0.2, 0.25) is 0 Å². The first-order valence-corrected chi connectivity index (χ1v) is 6.27. The Balaban J connectivity index is 1.75. The third-order valence-electron chi connectivity index (χ3n) is 3.41. The second kappa shape index (κ2) is 6.10. The van der Waals surface area contributed by atoms with Crippen LogP contribution in [-0.4, -0.2) is 36.9 Å². The van der Waals surface area contributed by atoms with Crippen LogP contribution in [0.2, 0.25) is 0 Å². The minimum absolute atomic E-state index is 0.194. The fourth-order valence-corrected chi connectivity index (χ4v) is 2.49. The van der Waals surface area contributed by atoms with Crippen LogP contribution in [0, 0.1) is 0 Å². The van der Waals surface area contributed by atoms with Crippen LogP contribution in [0.4, 0.5) is 8.78 Å². The number of alkyl halides is 2. The first-order valence-electron chi connectivity index (χ1n) is 6.27. The van der Waals surface area contributed by atoms with E-state index in [4.69, 9.17) is 0 Å². The van der Waals surface area contributed by atoms with Crippen molar-refractivity contribution in [2.75, 3.05) is 19.8 Å². The van der Waals surface area contributed by atoms with Crippen LogP contribution >= 0.6 is 0 Å². The van der Waals surface area contributed by atoms with Crippen LogP contribution in [0.3, 0.4) is 0 Å². The highest BCUT2D eigenvalue weighted by atomic mass is 19.1. The van der Waals surface area contributed by atoms with Gasteiger partial charge in [0, 0.05) is 12.6 Å². The summed E-state index contributed by atoms with van der Waals surface area (Å²) in [5.41, 5.74) is 1.29. The summed E-state index contributed by atoms with van der Waals surface area (Å²) in [4.78, 5) is 1.95. The minimum Gasteiger partial charge on any atom is -0.295 e. The van der Waals surface area contributed by atoms with E-state index in [9.17, 15) is 8.78 Å². The summed E-state index contributed by atoms with van der Waals surface area (Å²) in [5, 5.41) is 0. The Kier molecular flexibility index (Phi) is 4.49. The van der Waals surface area contributed by atoms with Gasteiger partial charge in [-0.1, -0.05) is 30.3 Å². The summed E-state index contributed by atoms with van der Waals surface area (Å²) < 4.78 is 25.8. The molecule has 0 radical (unpaired) electrons. The number of hydrogen-bond acceptors (Lipinski definition) is 1. The zero-order chi connectivity index (χ0) is 12.1. The Bertz CT molecular complexity index is 328. The predicted molar refractivity (Wildman–Crippen MR) is 65.6 cm³/mol. The van der Waals surface area contributed by atoms with Gasteiger partial charge in [-0.05, 0) is 31.4 Å². The quantitative estimate of drug-likeness (QED) is 0.763. The van der Waals surface area contributed by atoms with Gasteiger partial charge in [0.25, 0.3) is 0 Å². The van der Waals surface area contributed by atoms with Gasteiger partial charge in [-0.2, -0.15) is 0 Å². The summed E-state index contributed by atoms with van der Waals surface area (Å²) in [7, 11) is 0. The molecule has 17 heavy (non-hydrogen) atoms. The average Bonchev–Trinajstić information content (AvgIpc) is 2.71. The largest absolute Gasteiger partial charge is 0.295 e. The average molecular weight is 239 g/mol. The first-order chi connectivity index (χ1) is 8.29. The van der Waals surface area contributed by atoms with Gasteiger partial charge in [-0.3, -0.25) is 4.90 Å². The highest BCUT2D eigenvalue weighted by Crippen LogP contribution is 2.21. The third kappa shape index (κ3) is 3.50. The monoisotopic (exact) mass is 239 g/mol. The van der Waals surface area contributed by atoms with Crippen molar-refractivity contribution in [2.24, 2.45) is 0 Å². The summed E-state index contributed by atoms with van der Waals surface area (Å²) in [5.74, 6) is 0. The van der Waals surface area contributed by atoms with E-state index in [1.165, 1.54) is 5.56 Å². The van der Waals surface area contributed by atoms with Crippen molar-refractivity contribution < 1.29 is 8.78 Å². The lowest BCUT2D eigenvalue weighted by Gasteiger charge is -2.21. The molecule has 1 aliphatic rings. The Morgan fingerprint density at radius 3 is 2.71 bits per heavy atom. The van der Waals surface area contributed by atoms with Crippen molar-refractivity contribution in [3.8, 4) is 0 Å². The Labute approximate surface area is 101 Å². The summed E-state index contributed by atoms with van der Waals surface area (Å²) in [6.07, 6.45) is 1.47. The molecule has 0 bridgehead atoms. The number of aryl methyl sites for hydroxylation is 1. The van der Waals surface area contributed by atoms with Gasteiger partial charge >= 0.3 is 0 Å². The van der Waals surface area contributed by atoms with E-state index in [2.05, 4.69) is 12.1 Å². The van der Waals surface area contributed by atoms with Crippen molar-refractivity contribution >= 4 is 0 Å². The molecular formula is C14H19F2N. The molecule has 0 aromatic heterocycles. The molecule has 1 nitrogen and oxygen atoms in total. The van der Waals surface area contributed by atoms with Gasteiger partial charge in [0.1, 0.15) is 12.8 Å². The molecule has 0 aliphatic carbocycles. The van der Waals surface area contributed by atoms with Crippen LogP contribution in [0.5, 0.6) is 0 Å². The zero-order valence-corrected chi connectivity index (χ0v) is 9.99. The molecular weight excluding hydrogens is 220 g/mol. The number of rotatable bonds is 5. The van der Waals surface area contributed by atoms with Crippen molar-refractivity contribution in [3.63, 3.8) is 0 Å². The number of nitrogens with zero attached hydrogens (tertiary/aromatic N) is 1. The number of hydrogen-bond donors (Lipinski definition) is 0.